The van der Waals surface area contributed by atoms with Crippen molar-refractivity contribution in [3.63, 3.8) is 0 Å². The molecule has 2 aromatic carbocycles. The van der Waals surface area contributed by atoms with Gasteiger partial charge in [-0.05, 0) is 52.7 Å². The second-order valence-corrected chi connectivity index (χ2v) is 6.16. The topological polar surface area (TPSA) is 12.0 Å². The van der Waals surface area contributed by atoms with Crippen molar-refractivity contribution in [3.05, 3.63) is 62.0 Å². The maximum Gasteiger partial charge on any atom is 0.0497 e. The van der Waals surface area contributed by atoms with E-state index < -0.39 is 0 Å². The van der Waals surface area contributed by atoms with E-state index in [-0.39, 0.29) is 6.04 Å². The van der Waals surface area contributed by atoms with E-state index in [2.05, 4.69) is 50.2 Å². The molecular weight excluding hydrogens is 377 g/mol. The molecule has 1 atom stereocenters. The van der Waals surface area contributed by atoms with E-state index in [1.54, 1.807) is 0 Å². The average Bonchev–Trinajstić information content (AvgIpc) is 2.33. The van der Waals surface area contributed by atoms with Gasteiger partial charge in [-0.1, -0.05) is 45.7 Å². The van der Waals surface area contributed by atoms with Crippen molar-refractivity contribution < 1.29 is 0 Å². The summed E-state index contributed by atoms with van der Waals surface area (Å²) in [6.45, 7) is 2.13. The van der Waals surface area contributed by atoms with Crippen molar-refractivity contribution in [1.82, 2.24) is 0 Å². The van der Waals surface area contributed by atoms with Gasteiger partial charge in [-0.25, -0.2) is 0 Å². The molecular formula is C14H12Br2ClN. The Bertz CT molecular complexity index is 557. The van der Waals surface area contributed by atoms with Crippen molar-refractivity contribution in [1.29, 1.82) is 0 Å². The first-order chi connectivity index (χ1) is 8.58. The first kappa shape index (κ1) is 13.9. The number of benzene rings is 2. The van der Waals surface area contributed by atoms with Crippen LogP contribution in [-0.4, -0.2) is 0 Å². The van der Waals surface area contributed by atoms with Gasteiger partial charge in [0, 0.05) is 25.7 Å². The van der Waals surface area contributed by atoms with Crippen LogP contribution in [0.1, 0.15) is 18.5 Å². The molecule has 0 aliphatic carbocycles. The molecule has 0 spiro atoms. The van der Waals surface area contributed by atoms with Crippen LogP contribution in [0.5, 0.6) is 0 Å². The van der Waals surface area contributed by atoms with E-state index >= 15 is 0 Å². The van der Waals surface area contributed by atoms with Gasteiger partial charge >= 0.3 is 0 Å². The van der Waals surface area contributed by atoms with Gasteiger partial charge in [0.05, 0.1) is 0 Å². The maximum atomic E-state index is 5.93. The zero-order valence-corrected chi connectivity index (χ0v) is 13.7. The Morgan fingerprint density at radius 2 is 1.78 bits per heavy atom. The van der Waals surface area contributed by atoms with Crippen LogP contribution < -0.4 is 5.32 Å². The minimum absolute atomic E-state index is 0.207. The van der Waals surface area contributed by atoms with Crippen molar-refractivity contribution in [2.75, 3.05) is 5.32 Å². The SMILES string of the molecule is CC(Nc1ccc(Cl)cc1Br)c1ccccc1Br. The molecule has 0 saturated heterocycles. The second-order valence-electron chi connectivity index (χ2n) is 4.01. The third kappa shape index (κ3) is 3.28. The van der Waals surface area contributed by atoms with Crippen molar-refractivity contribution >= 4 is 49.1 Å². The van der Waals surface area contributed by atoms with Gasteiger partial charge < -0.3 is 5.32 Å². The lowest BCUT2D eigenvalue weighted by Gasteiger charge is -2.18. The molecule has 2 aromatic rings. The molecule has 2 rings (SSSR count). The first-order valence-corrected chi connectivity index (χ1v) is 7.50. The fourth-order valence-corrected chi connectivity index (χ4v) is 3.17. The Hall–Kier alpha value is -0.510. The number of hydrogen-bond acceptors (Lipinski definition) is 1. The van der Waals surface area contributed by atoms with Gasteiger partial charge in [-0.3, -0.25) is 0 Å². The maximum absolute atomic E-state index is 5.93. The van der Waals surface area contributed by atoms with Crippen LogP contribution >= 0.6 is 43.5 Å². The normalized spacial score (nSPS) is 12.2. The lowest BCUT2D eigenvalue weighted by Crippen LogP contribution is -2.07. The van der Waals surface area contributed by atoms with Crippen molar-refractivity contribution in [3.8, 4) is 0 Å². The summed E-state index contributed by atoms with van der Waals surface area (Å²) in [5.41, 5.74) is 2.25. The highest BCUT2D eigenvalue weighted by Crippen LogP contribution is 2.31. The number of hydrogen-bond donors (Lipinski definition) is 1. The highest BCUT2D eigenvalue weighted by molar-refractivity contribution is 9.11. The highest BCUT2D eigenvalue weighted by Gasteiger charge is 2.10. The van der Waals surface area contributed by atoms with Gasteiger partial charge in [0.1, 0.15) is 0 Å². The van der Waals surface area contributed by atoms with Gasteiger partial charge in [-0.15, -0.1) is 0 Å². The molecule has 18 heavy (non-hydrogen) atoms. The standard InChI is InChI=1S/C14H12Br2ClN/c1-9(11-4-2-3-5-12(11)15)18-14-7-6-10(17)8-13(14)16/h2-9,18H,1H3. The monoisotopic (exact) mass is 387 g/mol. The Labute approximate surface area is 129 Å². The van der Waals surface area contributed by atoms with E-state index in [4.69, 9.17) is 11.6 Å². The number of rotatable bonds is 3. The smallest absolute Gasteiger partial charge is 0.0497 e. The molecule has 0 saturated carbocycles. The molecule has 0 radical (unpaired) electrons. The number of anilines is 1. The first-order valence-electron chi connectivity index (χ1n) is 5.54. The molecule has 4 heteroatoms. The molecule has 0 bridgehead atoms. The summed E-state index contributed by atoms with van der Waals surface area (Å²) in [7, 11) is 0. The molecule has 1 nitrogen and oxygen atoms in total. The molecule has 0 aromatic heterocycles. The Morgan fingerprint density at radius 1 is 1.06 bits per heavy atom. The summed E-state index contributed by atoms with van der Waals surface area (Å²) in [6, 6.07) is 14.1. The lowest BCUT2D eigenvalue weighted by atomic mass is 10.1. The molecule has 0 fully saturated rings. The summed E-state index contributed by atoms with van der Waals surface area (Å²) in [5, 5.41) is 4.18. The van der Waals surface area contributed by atoms with Crippen LogP contribution in [-0.2, 0) is 0 Å². The molecule has 1 unspecified atom stereocenters. The van der Waals surface area contributed by atoms with Crippen molar-refractivity contribution in [2.24, 2.45) is 0 Å². The molecule has 0 aliphatic rings. The number of halogens is 3. The van der Waals surface area contributed by atoms with E-state index in [1.165, 1.54) is 5.56 Å². The summed E-state index contributed by atoms with van der Waals surface area (Å²) < 4.78 is 2.07. The largest absolute Gasteiger partial charge is 0.378 e. The van der Waals surface area contributed by atoms with Crippen LogP contribution in [0.2, 0.25) is 5.02 Å². The quantitative estimate of drug-likeness (QED) is 0.675. The average molecular weight is 390 g/mol. The zero-order chi connectivity index (χ0) is 13.1. The van der Waals surface area contributed by atoms with Gasteiger partial charge in [-0.2, -0.15) is 0 Å². The third-order valence-electron chi connectivity index (χ3n) is 2.67. The fourth-order valence-electron chi connectivity index (χ4n) is 1.74. The minimum atomic E-state index is 0.207. The summed E-state index contributed by atoms with van der Waals surface area (Å²) in [4.78, 5) is 0. The van der Waals surface area contributed by atoms with Gasteiger partial charge in [0.25, 0.3) is 0 Å². The van der Waals surface area contributed by atoms with Crippen LogP contribution in [0.25, 0.3) is 0 Å². The molecule has 94 valence electrons. The molecule has 1 N–H and O–H groups in total. The predicted molar refractivity (Wildman–Crippen MR) is 85.3 cm³/mol. The van der Waals surface area contributed by atoms with E-state index in [9.17, 15) is 0 Å². The van der Waals surface area contributed by atoms with Crippen LogP contribution in [0.15, 0.2) is 51.4 Å². The van der Waals surface area contributed by atoms with Crippen LogP contribution in [0.4, 0.5) is 5.69 Å². The molecule has 0 aliphatic heterocycles. The summed E-state index contributed by atoms with van der Waals surface area (Å²) in [6.07, 6.45) is 0. The second kappa shape index (κ2) is 6.09. The lowest BCUT2D eigenvalue weighted by molar-refractivity contribution is 0.878. The van der Waals surface area contributed by atoms with E-state index in [0.717, 1.165) is 19.7 Å². The fraction of sp³-hybridized carbons (Fsp3) is 0.143. The molecule has 0 heterocycles. The van der Waals surface area contributed by atoms with E-state index in [0.29, 0.717) is 0 Å². The van der Waals surface area contributed by atoms with Gasteiger partial charge in [0.2, 0.25) is 0 Å². The third-order valence-corrected chi connectivity index (χ3v) is 4.29. The Balaban J connectivity index is 2.21. The summed E-state index contributed by atoms with van der Waals surface area (Å²) >= 11 is 13.0. The minimum Gasteiger partial charge on any atom is -0.378 e. The zero-order valence-electron chi connectivity index (χ0n) is 9.75. The van der Waals surface area contributed by atoms with Gasteiger partial charge in [0.15, 0.2) is 0 Å². The van der Waals surface area contributed by atoms with Crippen molar-refractivity contribution in [2.45, 2.75) is 13.0 Å². The Kier molecular flexibility index (Phi) is 4.71. The molecule has 0 amide bonds. The highest BCUT2D eigenvalue weighted by atomic mass is 79.9. The Morgan fingerprint density at radius 3 is 2.44 bits per heavy atom. The van der Waals surface area contributed by atoms with E-state index in [1.807, 2.05) is 36.4 Å². The summed E-state index contributed by atoms with van der Waals surface area (Å²) in [5.74, 6) is 0. The predicted octanol–water partition coefficient (Wildman–Crippen LogP) is 6.04. The van der Waals surface area contributed by atoms with Crippen LogP contribution in [0.3, 0.4) is 0 Å². The van der Waals surface area contributed by atoms with Crippen LogP contribution in [0, 0.1) is 0 Å². The number of nitrogens with one attached hydrogen (secondary N) is 1.